The average Bonchev–Trinajstić information content (AvgIpc) is 2.43. The van der Waals surface area contributed by atoms with Crippen LogP contribution in [0.3, 0.4) is 0 Å². The van der Waals surface area contributed by atoms with Crippen LogP contribution in [0, 0.1) is 0 Å². The van der Waals surface area contributed by atoms with Crippen molar-refractivity contribution < 1.29 is 9.84 Å². The van der Waals surface area contributed by atoms with Gasteiger partial charge in [0.2, 0.25) is 0 Å². The third-order valence-electron chi connectivity index (χ3n) is 3.33. The van der Waals surface area contributed by atoms with Gasteiger partial charge in [-0.1, -0.05) is 40.0 Å². The monoisotopic (exact) mass is 274 g/mol. The fourth-order valence-electron chi connectivity index (χ4n) is 1.95. The van der Waals surface area contributed by atoms with Gasteiger partial charge in [-0.15, -0.1) is 0 Å². The number of nitrogens with zero attached hydrogens (tertiary/aromatic N) is 1. The molecule has 116 valence electrons. The summed E-state index contributed by atoms with van der Waals surface area (Å²) in [6, 6.07) is 0. The first-order chi connectivity index (χ1) is 9.24. The van der Waals surface area contributed by atoms with Crippen LogP contribution in [0.25, 0.3) is 0 Å². The molecule has 19 heavy (non-hydrogen) atoms. The van der Waals surface area contributed by atoms with Gasteiger partial charge in [0.05, 0.1) is 12.7 Å². The highest BCUT2D eigenvalue weighted by molar-refractivity contribution is 4.61. The molecule has 1 unspecified atom stereocenters. The van der Waals surface area contributed by atoms with E-state index in [1.807, 2.05) is 0 Å². The molecule has 0 amide bonds. The van der Waals surface area contributed by atoms with Crippen LogP contribution >= 0.6 is 0 Å². The zero-order valence-corrected chi connectivity index (χ0v) is 13.2. The minimum Gasteiger partial charge on any atom is -0.389 e. The Morgan fingerprint density at radius 1 is 1.11 bits per heavy atom. The van der Waals surface area contributed by atoms with Gasteiger partial charge in [0.15, 0.2) is 0 Å². The van der Waals surface area contributed by atoms with Crippen LogP contribution in [0.5, 0.6) is 0 Å². The van der Waals surface area contributed by atoms with E-state index in [4.69, 9.17) is 4.74 Å². The van der Waals surface area contributed by atoms with E-state index >= 15 is 0 Å². The van der Waals surface area contributed by atoms with Gasteiger partial charge in [-0.3, -0.25) is 0 Å². The van der Waals surface area contributed by atoms with Crippen molar-refractivity contribution in [2.45, 2.75) is 52.6 Å². The van der Waals surface area contributed by atoms with Crippen LogP contribution in [0.4, 0.5) is 0 Å². The SMILES string of the molecule is CCCCCCOCC(O)CNCCN(CC)CC. The minimum absolute atomic E-state index is 0.386. The number of aliphatic hydroxyl groups excluding tert-OH is 1. The maximum absolute atomic E-state index is 9.73. The van der Waals surface area contributed by atoms with Crippen LogP contribution in [0.15, 0.2) is 0 Å². The summed E-state index contributed by atoms with van der Waals surface area (Å²) in [6.07, 6.45) is 4.48. The first kappa shape index (κ1) is 18.8. The van der Waals surface area contributed by atoms with Crippen molar-refractivity contribution in [1.82, 2.24) is 10.2 Å². The van der Waals surface area contributed by atoms with Crippen molar-refractivity contribution in [3.63, 3.8) is 0 Å². The molecule has 0 aliphatic carbocycles. The number of hydrogen-bond acceptors (Lipinski definition) is 4. The maximum atomic E-state index is 9.73. The van der Waals surface area contributed by atoms with E-state index in [9.17, 15) is 5.11 Å². The van der Waals surface area contributed by atoms with Crippen LogP contribution in [0.1, 0.15) is 46.5 Å². The molecule has 0 saturated carbocycles. The Labute approximate surface area is 119 Å². The summed E-state index contributed by atoms with van der Waals surface area (Å²) in [7, 11) is 0. The fourth-order valence-corrected chi connectivity index (χ4v) is 1.95. The van der Waals surface area contributed by atoms with Crippen molar-refractivity contribution in [1.29, 1.82) is 0 Å². The first-order valence-electron chi connectivity index (χ1n) is 7.93. The van der Waals surface area contributed by atoms with Crippen LogP contribution in [0.2, 0.25) is 0 Å². The standard InChI is InChI=1S/C15H34N2O2/c1-4-7-8-9-12-19-14-15(18)13-16-10-11-17(5-2)6-3/h15-16,18H,4-14H2,1-3H3. The summed E-state index contributed by atoms with van der Waals surface area (Å²) < 4.78 is 5.46. The summed E-state index contributed by atoms with van der Waals surface area (Å²) in [6.45, 7) is 12.5. The van der Waals surface area contributed by atoms with Gasteiger partial charge in [-0.05, 0) is 19.5 Å². The van der Waals surface area contributed by atoms with Gasteiger partial charge in [0.1, 0.15) is 0 Å². The molecule has 0 saturated heterocycles. The van der Waals surface area contributed by atoms with Crippen molar-refractivity contribution in [3.8, 4) is 0 Å². The number of ether oxygens (including phenoxy) is 1. The lowest BCUT2D eigenvalue weighted by Gasteiger charge is -2.19. The predicted molar refractivity (Wildman–Crippen MR) is 81.6 cm³/mol. The van der Waals surface area contributed by atoms with E-state index < -0.39 is 0 Å². The molecular formula is C15H34N2O2. The van der Waals surface area contributed by atoms with Crippen molar-refractivity contribution in [2.75, 3.05) is 45.9 Å². The molecule has 0 rings (SSSR count). The molecule has 1 atom stereocenters. The molecule has 0 fully saturated rings. The van der Waals surface area contributed by atoms with Crippen LogP contribution in [-0.4, -0.2) is 62.0 Å². The van der Waals surface area contributed by atoms with E-state index in [-0.39, 0.29) is 6.10 Å². The van der Waals surface area contributed by atoms with Gasteiger partial charge in [0, 0.05) is 26.2 Å². The average molecular weight is 274 g/mol. The predicted octanol–water partition coefficient (Wildman–Crippen LogP) is 1.88. The molecule has 0 bridgehead atoms. The molecule has 0 aliphatic heterocycles. The zero-order chi connectivity index (χ0) is 14.3. The highest BCUT2D eigenvalue weighted by Crippen LogP contribution is 1.99. The van der Waals surface area contributed by atoms with Gasteiger partial charge >= 0.3 is 0 Å². The Balaban J connectivity index is 3.27. The van der Waals surface area contributed by atoms with E-state index in [2.05, 4.69) is 31.0 Å². The topological polar surface area (TPSA) is 44.7 Å². The number of unbranched alkanes of at least 4 members (excludes halogenated alkanes) is 3. The second-order valence-corrected chi connectivity index (χ2v) is 5.02. The summed E-state index contributed by atoms with van der Waals surface area (Å²) >= 11 is 0. The molecule has 4 heteroatoms. The van der Waals surface area contributed by atoms with Gasteiger partial charge in [0.25, 0.3) is 0 Å². The number of aliphatic hydroxyl groups is 1. The normalized spacial score (nSPS) is 13.1. The molecule has 4 nitrogen and oxygen atoms in total. The minimum atomic E-state index is -0.386. The molecular weight excluding hydrogens is 240 g/mol. The summed E-state index contributed by atoms with van der Waals surface area (Å²) in [4.78, 5) is 2.36. The van der Waals surface area contributed by atoms with Gasteiger partial charge in [-0.25, -0.2) is 0 Å². The Hall–Kier alpha value is -0.160. The number of likely N-dealkylation sites (N-methyl/N-ethyl adjacent to an activating group) is 1. The summed E-state index contributed by atoms with van der Waals surface area (Å²) in [5, 5.41) is 13.0. The summed E-state index contributed by atoms with van der Waals surface area (Å²) in [5.74, 6) is 0. The third-order valence-corrected chi connectivity index (χ3v) is 3.33. The molecule has 0 radical (unpaired) electrons. The second kappa shape index (κ2) is 14.3. The van der Waals surface area contributed by atoms with Gasteiger partial charge < -0.3 is 20.1 Å². The highest BCUT2D eigenvalue weighted by atomic mass is 16.5. The molecule has 0 heterocycles. The zero-order valence-electron chi connectivity index (χ0n) is 13.2. The number of nitrogens with one attached hydrogen (secondary N) is 1. The second-order valence-electron chi connectivity index (χ2n) is 5.02. The van der Waals surface area contributed by atoms with Gasteiger partial charge in [-0.2, -0.15) is 0 Å². The van der Waals surface area contributed by atoms with Crippen molar-refractivity contribution in [2.24, 2.45) is 0 Å². The van der Waals surface area contributed by atoms with E-state index in [1.165, 1.54) is 19.3 Å². The highest BCUT2D eigenvalue weighted by Gasteiger charge is 2.04. The van der Waals surface area contributed by atoms with E-state index in [0.717, 1.165) is 39.2 Å². The lowest BCUT2D eigenvalue weighted by molar-refractivity contribution is 0.0353. The molecule has 0 spiro atoms. The molecule has 0 aromatic rings. The Morgan fingerprint density at radius 2 is 1.84 bits per heavy atom. The first-order valence-corrected chi connectivity index (χ1v) is 7.93. The lowest BCUT2D eigenvalue weighted by Crippen LogP contribution is -2.36. The van der Waals surface area contributed by atoms with Crippen molar-refractivity contribution >= 4 is 0 Å². The van der Waals surface area contributed by atoms with E-state index in [1.54, 1.807) is 0 Å². The number of rotatable bonds is 14. The smallest absolute Gasteiger partial charge is 0.0897 e. The van der Waals surface area contributed by atoms with Crippen LogP contribution in [-0.2, 0) is 4.74 Å². The Bertz CT molecular complexity index is 176. The molecule has 0 aromatic heterocycles. The van der Waals surface area contributed by atoms with E-state index in [0.29, 0.717) is 13.2 Å². The largest absolute Gasteiger partial charge is 0.389 e. The van der Waals surface area contributed by atoms with Crippen molar-refractivity contribution in [3.05, 3.63) is 0 Å². The lowest BCUT2D eigenvalue weighted by atomic mass is 10.2. The molecule has 0 aromatic carbocycles. The molecule has 2 N–H and O–H groups in total. The summed E-state index contributed by atoms with van der Waals surface area (Å²) in [5.41, 5.74) is 0. The Morgan fingerprint density at radius 3 is 2.47 bits per heavy atom. The molecule has 0 aliphatic rings. The van der Waals surface area contributed by atoms with Crippen LogP contribution < -0.4 is 5.32 Å². The maximum Gasteiger partial charge on any atom is 0.0897 e. The number of hydrogen-bond donors (Lipinski definition) is 2. The third kappa shape index (κ3) is 12.6. The fraction of sp³-hybridized carbons (Fsp3) is 1.00. The Kier molecular flexibility index (Phi) is 14.1. The quantitative estimate of drug-likeness (QED) is 0.475.